The lowest BCUT2D eigenvalue weighted by atomic mass is 10.1. The lowest BCUT2D eigenvalue weighted by molar-refractivity contribution is -0.271. The highest BCUT2D eigenvalue weighted by Gasteiger charge is 2.80. The van der Waals surface area contributed by atoms with Gasteiger partial charge in [0.1, 0.15) is 6.61 Å². The van der Waals surface area contributed by atoms with Crippen molar-refractivity contribution in [2.75, 3.05) is 60.0 Å². The van der Waals surface area contributed by atoms with Gasteiger partial charge in [0.2, 0.25) is 0 Å². The van der Waals surface area contributed by atoms with Crippen LogP contribution in [0.15, 0.2) is 11.3 Å². The lowest BCUT2D eigenvalue weighted by Crippen LogP contribution is -2.49. The molecule has 0 unspecified atom stereocenters. The molecule has 0 amide bonds. The van der Waals surface area contributed by atoms with E-state index in [-0.39, 0.29) is 19.8 Å². The van der Waals surface area contributed by atoms with E-state index in [2.05, 4.69) is 4.74 Å². The van der Waals surface area contributed by atoms with E-state index in [1.54, 1.807) is 7.11 Å². The number of hydrogen-bond acceptors (Lipinski definition) is 5. The minimum absolute atomic E-state index is 0.0855. The molecule has 0 aromatic heterocycles. The van der Waals surface area contributed by atoms with Gasteiger partial charge >= 0.3 is 17.8 Å². The predicted octanol–water partition coefficient (Wildman–Crippen LogP) is 2.89. The van der Waals surface area contributed by atoms with Crippen molar-refractivity contribution in [1.29, 1.82) is 0 Å². The van der Waals surface area contributed by atoms with E-state index in [1.165, 1.54) is 0 Å². The van der Waals surface area contributed by atoms with E-state index in [9.17, 15) is 26.3 Å². The predicted molar refractivity (Wildman–Crippen MR) is 77.8 cm³/mol. The highest BCUT2D eigenvalue weighted by atomic mass is 19.3. The van der Waals surface area contributed by atoms with Crippen molar-refractivity contribution in [2.24, 2.45) is 0 Å². The van der Waals surface area contributed by atoms with Crippen LogP contribution in [0.4, 0.5) is 26.3 Å². The van der Waals surface area contributed by atoms with Crippen molar-refractivity contribution in [2.45, 2.75) is 24.7 Å². The zero-order valence-electron chi connectivity index (χ0n) is 14.5. The summed E-state index contributed by atoms with van der Waals surface area (Å²) < 4.78 is 104. The van der Waals surface area contributed by atoms with Gasteiger partial charge in [-0.2, -0.15) is 26.3 Å². The number of halogens is 6. The van der Waals surface area contributed by atoms with Gasteiger partial charge in [0.05, 0.1) is 46.2 Å². The molecule has 0 saturated heterocycles. The standard InChI is InChI=1S/C15H22F6O5/c1-11-12(14(18,19)15(20,21)13(11,16)17)26-10-9-25-8-7-24-6-5-23-4-3-22-2/h3-10H2,1-2H3. The van der Waals surface area contributed by atoms with Crippen molar-refractivity contribution in [3.8, 4) is 0 Å². The molecule has 1 aliphatic rings. The maximum absolute atomic E-state index is 13.5. The molecule has 0 radical (unpaired) electrons. The van der Waals surface area contributed by atoms with Gasteiger partial charge in [0.25, 0.3) is 0 Å². The van der Waals surface area contributed by atoms with E-state index in [0.717, 1.165) is 0 Å². The maximum atomic E-state index is 13.5. The molecule has 0 fully saturated rings. The smallest absolute Gasteiger partial charge is 0.383 e. The summed E-state index contributed by atoms with van der Waals surface area (Å²) >= 11 is 0. The normalized spacial score (nSPS) is 20.6. The lowest BCUT2D eigenvalue weighted by Gasteiger charge is -2.24. The van der Waals surface area contributed by atoms with Crippen LogP contribution in [0.25, 0.3) is 0 Å². The molecule has 0 bridgehead atoms. The molecule has 1 rings (SSSR count). The van der Waals surface area contributed by atoms with Gasteiger partial charge in [-0.05, 0) is 6.92 Å². The molecule has 0 saturated carbocycles. The summed E-state index contributed by atoms with van der Waals surface area (Å²) in [5, 5.41) is 0. The van der Waals surface area contributed by atoms with Crippen molar-refractivity contribution in [3.05, 3.63) is 11.3 Å². The Balaban J connectivity index is 2.19. The fourth-order valence-corrected chi connectivity index (χ4v) is 2.04. The van der Waals surface area contributed by atoms with Gasteiger partial charge in [-0.1, -0.05) is 0 Å². The van der Waals surface area contributed by atoms with Gasteiger partial charge < -0.3 is 23.7 Å². The molecule has 0 aliphatic heterocycles. The van der Waals surface area contributed by atoms with E-state index in [1.807, 2.05) is 0 Å². The van der Waals surface area contributed by atoms with Crippen LogP contribution < -0.4 is 0 Å². The van der Waals surface area contributed by atoms with Crippen LogP contribution in [0.2, 0.25) is 0 Å². The number of methoxy groups -OCH3 is 1. The Kier molecular flexibility index (Phi) is 8.64. The molecule has 0 atom stereocenters. The first kappa shape index (κ1) is 23.0. The third kappa shape index (κ3) is 5.02. The summed E-state index contributed by atoms with van der Waals surface area (Å²) in [7, 11) is 1.55. The van der Waals surface area contributed by atoms with Crippen LogP contribution in [-0.2, 0) is 23.7 Å². The Morgan fingerprint density at radius 3 is 1.46 bits per heavy atom. The largest absolute Gasteiger partial charge is 0.489 e. The Bertz CT molecular complexity index is 469. The van der Waals surface area contributed by atoms with Crippen LogP contribution in [0.1, 0.15) is 6.92 Å². The number of alkyl halides is 6. The SMILES string of the molecule is COCCOCCOCCOCCOC1=C(C)C(F)(F)C(F)(F)C1(F)F. The van der Waals surface area contributed by atoms with Crippen LogP contribution in [0, 0.1) is 0 Å². The maximum Gasteiger partial charge on any atom is 0.383 e. The number of hydrogen-bond donors (Lipinski definition) is 0. The second kappa shape index (κ2) is 9.77. The van der Waals surface area contributed by atoms with Crippen molar-refractivity contribution < 1.29 is 50.0 Å². The number of allylic oxidation sites excluding steroid dienone is 2. The fraction of sp³-hybridized carbons (Fsp3) is 0.867. The highest BCUT2D eigenvalue weighted by Crippen LogP contribution is 2.59. The molecule has 0 spiro atoms. The molecule has 0 N–H and O–H groups in total. The van der Waals surface area contributed by atoms with Crippen LogP contribution in [0.3, 0.4) is 0 Å². The fourth-order valence-electron chi connectivity index (χ4n) is 2.04. The molecular weight excluding hydrogens is 374 g/mol. The number of ether oxygens (including phenoxy) is 5. The average molecular weight is 396 g/mol. The van der Waals surface area contributed by atoms with E-state index in [0.29, 0.717) is 33.4 Å². The topological polar surface area (TPSA) is 46.2 Å². The van der Waals surface area contributed by atoms with E-state index < -0.39 is 35.7 Å². The van der Waals surface area contributed by atoms with Crippen molar-refractivity contribution in [1.82, 2.24) is 0 Å². The Labute approximate surface area is 147 Å². The zero-order chi connectivity index (χ0) is 19.8. The third-order valence-electron chi connectivity index (χ3n) is 3.54. The van der Waals surface area contributed by atoms with E-state index >= 15 is 0 Å². The molecule has 0 heterocycles. The Morgan fingerprint density at radius 1 is 0.654 bits per heavy atom. The molecule has 154 valence electrons. The molecule has 5 nitrogen and oxygen atoms in total. The summed E-state index contributed by atoms with van der Waals surface area (Å²) in [6.45, 7) is 1.51. The summed E-state index contributed by atoms with van der Waals surface area (Å²) in [5.41, 5.74) is -1.48. The summed E-state index contributed by atoms with van der Waals surface area (Å²) in [6.07, 6.45) is 0. The Hall–Kier alpha value is -1.04. The second-order valence-corrected chi connectivity index (χ2v) is 5.36. The average Bonchev–Trinajstić information content (AvgIpc) is 2.65. The van der Waals surface area contributed by atoms with Gasteiger partial charge in [-0.3, -0.25) is 0 Å². The molecule has 11 heteroatoms. The molecular formula is C15H22F6O5. The highest BCUT2D eigenvalue weighted by molar-refractivity contribution is 5.36. The second-order valence-electron chi connectivity index (χ2n) is 5.36. The first-order valence-corrected chi connectivity index (χ1v) is 7.81. The minimum Gasteiger partial charge on any atom is -0.489 e. The third-order valence-corrected chi connectivity index (χ3v) is 3.54. The first-order valence-electron chi connectivity index (χ1n) is 7.81. The van der Waals surface area contributed by atoms with Crippen molar-refractivity contribution in [3.63, 3.8) is 0 Å². The molecule has 26 heavy (non-hydrogen) atoms. The summed E-state index contributed by atoms with van der Waals surface area (Å²) in [4.78, 5) is 0. The van der Waals surface area contributed by atoms with Crippen LogP contribution in [-0.4, -0.2) is 77.7 Å². The van der Waals surface area contributed by atoms with Crippen LogP contribution >= 0.6 is 0 Å². The Morgan fingerprint density at radius 2 is 1.08 bits per heavy atom. The summed E-state index contributed by atoms with van der Waals surface area (Å²) in [5.74, 6) is -17.3. The molecule has 1 aliphatic carbocycles. The summed E-state index contributed by atoms with van der Waals surface area (Å²) in [6, 6.07) is 0. The first-order chi connectivity index (χ1) is 12.1. The van der Waals surface area contributed by atoms with Gasteiger partial charge in [0, 0.05) is 12.7 Å². The minimum atomic E-state index is -5.53. The quantitative estimate of drug-likeness (QED) is 0.354. The monoisotopic (exact) mass is 396 g/mol. The van der Waals surface area contributed by atoms with Gasteiger partial charge in [0.15, 0.2) is 5.76 Å². The van der Waals surface area contributed by atoms with Crippen LogP contribution in [0.5, 0.6) is 0 Å². The number of rotatable bonds is 13. The van der Waals surface area contributed by atoms with E-state index in [4.69, 9.17) is 18.9 Å². The molecule has 0 aromatic rings. The van der Waals surface area contributed by atoms with Gasteiger partial charge in [-0.15, -0.1) is 0 Å². The zero-order valence-corrected chi connectivity index (χ0v) is 14.5. The van der Waals surface area contributed by atoms with Crippen molar-refractivity contribution >= 4 is 0 Å². The molecule has 0 aromatic carbocycles. The van der Waals surface area contributed by atoms with Gasteiger partial charge in [-0.25, -0.2) is 0 Å².